The van der Waals surface area contributed by atoms with E-state index in [-0.39, 0.29) is 11.4 Å². The van der Waals surface area contributed by atoms with Gasteiger partial charge in [-0.15, -0.1) is 0 Å². The van der Waals surface area contributed by atoms with Crippen LogP contribution in [0, 0.1) is 5.82 Å². The number of nitrogens with one attached hydrogen (secondary N) is 2. The van der Waals surface area contributed by atoms with Crippen molar-refractivity contribution in [2.45, 2.75) is 13.3 Å². The summed E-state index contributed by atoms with van der Waals surface area (Å²) in [5.41, 5.74) is 0.514. The first-order chi connectivity index (χ1) is 9.72. The summed E-state index contributed by atoms with van der Waals surface area (Å²) in [7, 11) is 0. The molecular weight excluding hydrogens is 259 g/mol. The van der Waals surface area contributed by atoms with Gasteiger partial charge in [-0.2, -0.15) is 0 Å². The number of anilines is 2. The van der Waals surface area contributed by atoms with Crippen LogP contribution in [-0.4, -0.2) is 22.4 Å². The first kappa shape index (κ1) is 13.9. The summed E-state index contributed by atoms with van der Waals surface area (Å²) in [6.07, 6.45) is 5.34. The van der Waals surface area contributed by atoms with Crippen LogP contribution >= 0.6 is 0 Å². The van der Waals surface area contributed by atoms with E-state index < -0.39 is 11.7 Å². The Morgan fingerprint density at radius 3 is 2.70 bits per heavy atom. The van der Waals surface area contributed by atoms with Crippen LogP contribution in [0.1, 0.15) is 23.7 Å². The number of rotatable bonds is 5. The second kappa shape index (κ2) is 6.60. The predicted molar refractivity (Wildman–Crippen MR) is 75.2 cm³/mol. The van der Waals surface area contributed by atoms with Crippen molar-refractivity contribution in [3.63, 3.8) is 0 Å². The van der Waals surface area contributed by atoms with Gasteiger partial charge in [0.2, 0.25) is 0 Å². The van der Waals surface area contributed by atoms with Crippen molar-refractivity contribution in [1.82, 2.24) is 9.97 Å². The fraction of sp³-hybridized carbons (Fsp3) is 0.214. The van der Waals surface area contributed by atoms with Gasteiger partial charge in [0.25, 0.3) is 5.91 Å². The van der Waals surface area contributed by atoms with Gasteiger partial charge in [0, 0.05) is 30.8 Å². The number of amides is 1. The van der Waals surface area contributed by atoms with E-state index in [2.05, 4.69) is 20.6 Å². The minimum atomic E-state index is -0.646. The van der Waals surface area contributed by atoms with Gasteiger partial charge in [0.15, 0.2) is 11.6 Å². The minimum absolute atomic E-state index is 0.0459. The third-order valence-electron chi connectivity index (χ3n) is 2.61. The van der Waals surface area contributed by atoms with Crippen molar-refractivity contribution in [1.29, 1.82) is 0 Å². The largest absolute Gasteiger partial charge is 0.368 e. The maximum atomic E-state index is 14.2. The maximum absolute atomic E-state index is 14.2. The second-order valence-electron chi connectivity index (χ2n) is 4.14. The average molecular weight is 274 g/mol. The smallest absolute Gasteiger partial charge is 0.258 e. The van der Waals surface area contributed by atoms with Crippen LogP contribution in [0.15, 0.2) is 36.8 Å². The molecule has 0 spiro atoms. The summed E-state index contributed by atoms with van der Waals surface area (Å²) in [5.74, 6) is -1.07. The molecule has 104 valence electrons. The molecule has 2 heterocycles. The van der Waals surface area contributed by atoms with Crippen molar-refractivity contribution < 1.29 is 9.18 Å². The van der Waals surface area contributed by atoms with E-state index in [1.54, 1.807) is 24.5 Å². The summed E-state index contributed by atoms with van der Waals surface area (Å²) in [6, 6.07) is 4.61. The summed E-state index contributed by atoms with van der Waals surface area (Å²) >= 11 is 0. The van der Waals surface area contributed by atoms with Crippen LogP contribution in [0.25, 0.3) is 0 Å². The SMILES string of the molecule is CCCNc1nccc(C(=O)Nc2ccncc2)c1F. The third-order valence-corrected chi connectivity index (χ3v) is 2.61. The zero-order valence-corrected chi connectivity index (χ0v) is 11.1. The minimum Gasteiger partial charge on any atom is -0.368 e. The van der Waals surface area contributed by atoms with Gasteiger partial charge < -0.3 is 10.6 Å². The van der Waals surface area contributed by atoms with Crippen LogP contribution in [0.4, 0.5) is 15.9 Å². The highest BCUT2D eigenvalue weighted by Gasteiger charge is 2.15. The Balaban J connectivity index is 2.17. The Labute approximate surface area is 116 Å². The Kier molecular flexibility index (Phi) is 4.60. The molecule has 20 heavy (non-hydrogen) atoms. The van der Waals surface area contributed by atoms with E-state index in [0.717, 1.165) is 6.42 Å². The number of hydrogen-bond acceptors (Lipinski definition) is 4. The first-order valence-corrected chi connectivity index (χ1v) is 6.32. The van der Waals surface area contributed by atoms with Crippen LogP contribution in [-0.2, 0) is 0 Å². The lowest BCUT2D eigenvalue weighted by atomic mass is 10.2. The van der Waals surface area contributed by atoms with Gasteiger partial charge >= 0.3 is 0 Å². The third kappa shape index (κ3) is 3.28. The first-order valence-electron chi connectivity index (χ1n) is 6.32. The standard InChI is InChI=1S/C14H15FN4O/c1-2-6-17-13-12(15)11(5-9-18-13)14(20)19-10-3-7-16-8-4-10/h3-5,7-9H,2,6H2,1H3,(H,17,18)(H,16,19,20). The summed E-state index contributed by atoms with van der Waals surface area (Å²) in [5, 5.41) is 5.45. The summed E-state index contributed by atoms with van der Waals surface area (Å²) in [6.45, 7) is 2.56. The van der Waals surface area contributed by atoms with Crippen LogP contribution in [0.3, 0.4) is 0 Å². The van der Waals surface area contributed by atoms with Gasteiger partial charge in [-0.3, -0.25) is 9.78 Å². The van der Waals surface area contributed by atoms with E-state index in [1.165, 1.54) is 12.3 Å². The lowest BCUT2D eigenvalue weighted by Gasteiger charge is -2.09. The van der Waals surface area contributed by atoms with Gasteiger partial charge in [-0.25, -0.2) is 9.37 Å². The molecule has 0 bridgehead atoms. The number of carbonyl (C=O) groups excluding carboxylic acids is 1. The Morgan fingerprint density at radius 1 is 1.25 bits per heavy atom. The molecule has 0 unspecified atom stereocenters. The fourth-order valence-electron chi connectivity index (χ4n) is 1.62. The number of halogens is 1. The van der Waals surface area contributed by atoms with E-state index >= 15 is 0 Å². The van der Waals surface area contributed by atoms with Crippen molar-refractivity contribution in [3.05, 3.63) is 48.2 Å². The molecule has 0 saturated heterocycles. The highest BCUT2D eigenvalue weighted by molar-refractivity contribution is 6.04. The molecule has 0 aliphatic heterocycles. The number of aromatic nitrogens is 2. The lowest BCUT2D eigenvalue weighted by molar-refractivity contribution is 0.102. The van der Waals surface area contributed by atoms with E-state index in [4.69, 9.17) is 0 Å². The monoisotopic (exact) mass is 274 g/mol. The number of carbonyl (C=O) groups is 1. The average Bonchev–Trinajstić information content (AvgIpc) is 2.47. The highest BCUT2D eigenvalue weighted by Crippen LogP contribution is 2.16. The molecule has 0 aliphatic rings. The van der Waals surface area contributed by atoms with E-state index in [9.17, 15) is 9.18 Å². The molecule has 2 aromatic heterocycles. The molecule has 0 fully saturated rings. The Bertz CT molecular complexity index is 589. The maximum Gasteiger partial charge on any atom is 0.258 e. The second-order valence-corrected chi connectivity index (χ2v) is 4.14. The summed E-state index contributed by atoms with van der Waals surface area (Å²) in [4.78, 5) is 19.8. The quantitative estimate of drug-likeness (QED) is 0.879. The lowest BCUT2D eigenvalue weighted by Crippen LogP contribution is -2.16. The van der Waals surface area contributed by atoms with Gasteiger partial charge in [0.05, 0.1) is 5.56 Å². The molecule has 2 N–H and O–H groups in total. The zero-order chi connectivity index (χ0) is 14.4. The highest BCUT2D eigenvalue weighted by atomic mass is 19.1. The van der Waals surface area contributed by atoms with Gasteiger partial charge in [-0.1, -0.05) is 6.92 Å². The summed E-state index contributed by atoms with van der Waals surface area (Å²) < 4.78 is 14.2. The molecule has 1 amide bonds. The number of nitrogens with zero attached hydrogens (tertiary/aromatic N) is 2. The fourth-order valence-corrected chi connectivity index (χ4v) is 1.62. The molecule has 0 saturated carbocycles. The Hall–Kier alpha value is -2.50. The normalized spacial score (nSPS) is 10.1. The van der Waals surface area contributed by atoms with Crippen molar-refractivity contribution in [2.24, 2.45) is 0 Å². The van der Waals surface area contributed by atoms with Crippen molar-refractivity contribution in [3.8, 4) is 0 Å². The molecule has 6 heteroatoms. The van der Waals surface area contributed by atoms with E-state index in [1.807, 2.05) is 6.92 Å². The molecule has 0 aliphatic carbocycles. The molecular formula is C14H15FN4O. The molecule has 5 nitrogen and oxygen atoms in total. The van der Waals surface area contributed by atoms with E-state index in [0.29, 0.717) is 12.2 Å². The number of hydrogen-bond donors (Lipinski definition) is 2. The molecule has 2 aromatic rings. The topological polar surface area (TPSA) is 66.9 Å². The molecule has 0 radical (unpaired) electrons. The van der Waals surface area contributed by atoms with Crippen molar-refractivity contribution in [2.75, 3.05) is 17.2 Å². The Morgan fingerprint density at radius 2 is 2.00 bits per heavy atom. The number of pyridine rings is 2. The van der Waals surface area contributed by atoms with Crippen molar-refractivity contribution >= 4 is 17.4 Å². The van der Waals surface area contributed by atoms with Crippen LogP contribution < -0.4 is 10.6 Å². The van der Waals surface area contributed by atoms with Crippen LogP contribution in [0.5, 0.6) is 0 Å². The van der Waals surface area contributed by atoms with Crippen LogP contribution in [0.2, 0.25) is 0 Å². The van der Waals surface area contributed by atoms with Gasteiger partial charge in [0.1, 0.15) is 0 Å². The predicted octanol–water partition coefficient (Wildman–Crippen LogP) is 2.69. The molecule has 0 atom stereocenters. The molecule has 2 rings (SSSR count). The van der Waals surface area contributed by atoms with Gasteiger partial charge in [-0.05, 0) is 24.6 Å². The zero-order valence-electron chi connectivity index (χ0n) is 11.1. The molecule has 0 aromatic carbocycles.